The number of anilines is 2. The summed E-state index contributed by atoms with van der Waals surface area (Å²) in [5, 5.41) is 3.49. The van der Waals surface area contributed by atoms with E-state index in [2.05, 4.69) is 17.2 Å². The van der Waals surface area contributed by atoms with E-state index in [0.717, 1.165) is 11.7 Å². The molecule has 4 nitrogen and oxygen atoms in total. The average Bonchev–Trinajstić information content (AvgIpc) is 2.44. The SMILES string of the molecule is CCOc1nc(NC(C)C2CCCCC2)ccc1N. The molecule has 1 atom stereocenters. The van der Waals surface area contributed by atoms with Crippen molar-refractivity contribution in [2.24, 2.45) is 5.92 Å². The first kappa shape index (κ1) is 14.0. The Labute approximate surface area is 115 Å². The molecule has 19 heavy (non-hydrogen) atoms. The van der Waals surface area contributed by atoms with Crippen molar-refractivity contribution >= 4 is 11.5 Å². The lowest BCUT2D eigenvalue weighted by Gasteiger charge is -2.28. The third-order valence-electron chi connectivity index (χ3n) is 3.90. The van der Waals surface area contributed by atoms with Gasteiger partial charge in [-0.1, -0.05) is 19.3 Å². The quantitative estimate of drug-likeness (QED) is 0.854. The van der Waals surface area contributed by atoms with Crippen LogP contribution in [0.2, 0.25) is 0 Å². The van der Waals surface area contributed by atoms with Crippen molar-refractivity contribution in [2.45, 2.75) is 52.0 Å². The number of nitrogens with two attached hydrogens (primary N) is 1. The molecule has 0 aromatic carbocycles. The van der Waals surface area contributed by atoms with Crippen molar-refractivity contribution in [3.8, 4) is 5.88 Å². The molecule has 0 aliphatic heterocycles. The maximum atomic E-state index is 5.83. The first-order chi connectivity index (χ1) is 9.20. The normalized spacial score (nSPS) is 18.0. The summed E-state index contributed by atoms with van der Waals surface area (Å²) < 4.78 is 5.43. The van der Waals surface area contributed by atoms with Gasteiger partial charge < -0.3 is 15.8 Å². The van der Waals surface area contributed by atoms with Gasteiger partial charge in [-0.2, -0.15) is 4.98 Å². The van der Waals surface area contributed by atoms with Crippen LogP contribution in [0.25, 0.3) is 0 Å². The zero-order chi connectivity index (χ0) is 13.7. The molecule has 0 spiro atoms. The Morgan fingerprint density at radius 1 is 1.37 bits per heavy atom. The average molecular weight is 263 g/mol. The van der Waals surface area contributed by atoms with Crippen molar-refractivity contribution in [3.63, 3.8) is 0 Å². The Bertz CT molecular complexity index is 402. The standard InChI is InChI=1S/C15H25N3O/c1-3-19-15-13(16)9-10-14(18-15)17-11(2)12-7-5-4-6-8-12/h9-12H,3-8,16H2,1-2H3,(H,17,18). The van der Waals surface area contributed by atoms with Crippen LogP contribution in [0, 0.1) is 5.92 Å². The molecule has 1 aromatic rings. The fourth-order valence-electron chi connectivity index (χ4n) is 2.77. The van der Waals surface area contributed by atoms with E-state index in [1.165, 1.54) is 32.1 Å². The van der Waals surface area contributed by atoms with E-state index in [9.17, 15) is 0 Å². The third-order valence-corrected chi connectivity index (χ3v) is 3.90. The van der Waals surface area contributed by atoms with Gasteiger partial charge in [0.1, 0.15) is 5.82 Å². The highest BCUT2D eigenvalue weighted by Gasteiger charge is 2.20. The van der Waals surface area contributed by atoms with E-state index in [0.29, 0.717) is 24.2 Å². The fraction of sp³-hybridized carbons (Fsp3) is 0.667. The van der Waals surface area contributed by atoms with Gasteiger partial charge in [0, 0.05) is 6.04 Å². The molecule has 0 saturated heterocycles. The van der Waals surface area contributed by atoms with Crippen LogP contribution < -0.4 is 15.8 Å². The van der Waals surface area contributed by atoms with E-state index in [-0.39, 0.29) is 0 Å². The molecule has 4 heteroatoms. The third kappa shape index (κ3) is 3.75. The zero-order valence-electron chi connectivity index (χ0n) is 12.0. The van der Waals surface area contributed by atoms with Gasteiger partial charge in [-0.05, 0) is 44.7 Å². The van der Waals surface area contributed by atoms with Crippen LogP contribution in [-0.2, 0) is 0 Å². The molecule has 106 valence electrons. The molecule has 1 unspecified atom stereocenters. The Kier molecular flexibility index (Phi) is 4.88. The lowest BCUT2D eigenvalue weighted by atomic mass is 9.84. The smallest absolute Gasteiger partial charge is 0.239 e. The van der Waals surface area contributed by atoms with Crippen LogP contribution >= 0.6 is 0 Å². The summed E-state index contributed by atoms with van der Waals surface area (Å²) in [7, 11) is 0. The topological polar surface area (TPSA) is 60.2 Å². The highest BCUT2D eigenvalue weighted by atomic mass is 16.5. The van der Waals surface area contributed by atoms with Gasteiger partial charge in [0.25, 0.3) is 0 Å². The molecule has 1 aromatic heterocycles. The molecule has 0 bridgehead atoms. The van der Waals surface area contributed by atoms with E-state index < -0.39 is 0 Å². The number of aromatic nitrogens is 1. The molecule has 2 rings (SSSR count). The van der Waals surface area contributed by atoms with Gasteiger partial charge >= 0.3 is 0 Å². The van der Waals surface area contributed by atoms with Gasteiger partial charge in [0.05, 0.1) is 12.3 Å². The van der Waals surface area contributed by atoms with Crippen LogP contribution in [0.3, 0.4) is 0 Å². The summed E-state index contributed by atoms with van der Waals surface area (Å²) in [5.74, 6) is 2.14. The summed E-state index contributed by atoms with van der Waals surface area (Å²) in [6, 6.07) is 4.23. The van der Waals surface area contributed by atoms with Crippen molar-refractivity contribution in [2.75, 3.05) is 17.7 Å². The van der Waals surface area contributed by atoms with E-state index >= 15 is 0 Å². The van der Waals surface area contributed by atoms with Gasteiger partial charge in [-0.3, -0.25) is 0 Å². The number of hydrogen-bond donors (Lipinski definition) is 2. The summed E-state index contributed by atoms with van der Waals surface area (Å²) in [6.45, 7) is 4.76. The number of rotatable bonds is 5. The molecular weight excluding hydrogens is 238 g/mol. The van der Waals surface area contributed by atoms with Gasteiger partial charge in [0.15, 0.2) is 0 Å². The lowest BCUT2D eigenvalue weighted by molar-refractivity contribution is 0.324. The summed E-state index contributed by atoms with van der Waals surface area (Å²) in [6.07, 6.45) is 6.74. The predicted octanol–water partition coefficient (Wildman–Crippen LogP) is 3.44. The van der Waals surface area contributed by atoms with Crippen LogP contribution in [0.5, 0.6) is 5.88 Å². The van der Waals surface area contributed by atoms with Crippen molar-refractivity contribution in [3.05, 3.63) is 12.1 Å². The van der Waals surface area contributed by atoms with Gasteiger partial charge in [-0.25, -0.2) is 0 Å². The Balaban J connectivity index is 1.99. The largest absolute Gasteiger partial charge is 0.476 e. The van der Waals surface area contributed by atoms with Gasteiger partial charge in [0.2, 0.25) is 5.88 Å². The number of nitrogens with zero attached hydrogens (tertiary/aromatic N) is 1. The first-order valence-electron chi connectivity index (χ1n) is 7.36. The second-order valence-corrected chi connectivity index (χ2v) is 5.35. The Morgan fingerprint density at radius 3 is 2.79 bits per heavy atom. The highest BCUT2D eigenvalue weighted by molar-refractivity contribution is 5.53. The molecule has 1 fully saturated rings. The minimum Gasteiger partial charge on any atom is -0.476 e. The number of nitrogens with one attached hydrogen (secondary N) is 1. The van der Waals surface area contributed by atoms with E-state index in [1.54, 1.807) is 0 Å². The molecular formula is C15H25N3O. The second-order valence-electron chi connectivity index (χ2n) is 5.35. The summed E-state index contributed by atoms with van der Waals surface area (Å²) in [5.41, 5.74) is 6.43. The van der Waals surface area contributed by atoms with Crippen LogP contribution in [0.4, 0.5) is 11.5 Å². The Morgan fingerprint density at radius 2 is 2.11 bits per heavy atom. The van der Waals surface area contributed by atoms with Gasteiger partial charge in [-0.15, -0.1) is 0 Å². The minimum atomic E-state index is 0.450. The second kappa shape index (κ2) is 6.64. The van der Waals surface area contributed by atoms with E-state index in [1.807, 2.05) is 19.1 Å². The van der Waals surface area contributed by atoms with Crippen molar-refractivity contribution < 1.29 is 4.74 Å². The first-order valence-corrected chi connectivity index (χ1v) is 7.36. The maximum Gasteiger partial charge on any atom is 0.239 e. The number of ether oxygens (including phenoxy) is 1. The predicted molar refractivity (Wildman–Crippen MR) is 79.5 cm³/mol. The molecule has 1 aliphatic carbocycles. The maximum absolute atomic E-state index is 5.83. The Hall–Kier alpha value is -1.45. The molecule has 0 radical (unpaired) electrons. The van der Waals surface area contributed by atoms with Crippen LogP contribution in [0.1, 0.15) is 46.0 Å². The molecule has 0 amide bonds. The lowest BCUT2D eigenvalue weighted by Crippen LogP contribution is -2.28. The van der Waals surface area contributed by atoms with Crippen molar-refractivity contribution in [1.29, 1.82) is 0 Å². The summed E-state index contributed by atoms with van der Waals surface area (Å²) >= 11 is 0. The molecule has 1 saturated carbocycles. The minimum absolute atomic E-state index is 0.450. The van der Waals surface area contributed by atoms with E-state index in [4.69, 9.17) is 10.5 Å². The molecule has 1 heterocycles. The molecule has 3 N–H and O–H groups in total. The van der Waals surface area contributed by atoms with Crippen molar-refractivity contribution in [1.82, 2.24) is 4.98 Å². The monoisotopic (exact) mass is 263 g/mol. The zero-order valence-corrected chi connectivity index (χ0v) is 12.0. The number of nitrogen functional groups attached to an aromatic ring is 1. The molecule has 1 aliphatic rings. The number of pyridine rings is 1. The fourth-order valence-corrected chi connectivity index (χ4v) is 2.77. The summed E-state index contributed by atoms with van der Waals surface area (Å²) in [4.78, 5) is 4.44. The van der Waals surface area contributed by atoms with Crippen LogP contribution in [-0.4, -0.2) is 17.6 Å². The number of hydrogen-bond acceptors (Lipinski definition) is 4. The highest BCUT2D eigenvalue weighted by Crippen LogP contribution is 2.28. The van der Waals surface area contributed by atoms with Crippen LogP contribution in [0.15, 0.2) is 12.1 Å².